The van der Waals surface area contributed by atoms with Crippen molar-refractivity contribution in [1.82, 2.24) is 4.98 Å². The number of rotatable bonds is 1. The van der Waals surface area contributed by atoms with Gasteiger partial charge in [0, 0.05) is 10.7 Å². The Morgan fingerprint density at radius 3 is 2.90 bits per heavy atom. The lowest BCUT2D eigenvalue weighted by Crippen LogP contribution is -1.93. The van der Waals surface area contributed by atoms with Gasteiger partial charge in [-0.1, -0.05) is 0 Å². The molecule has 1 heterocycles. The second-order valence-corrected chi connectivity index (χ2v) is 2.66. The van der Waals surface area contributed by atoms with Crippen LogP contribution in [0, 0.1) is 5.82 Å². The van der Waals surface area contributed by atoms with Crippen LogP contribution in [0.1, 0.15) is 5.69 Å². The summed E-state index contributed by atoms with van der Waals surface area (Å²) in [5.74, 6) is -0.489. The molecule has 0 aliphatic rings. The third kappa shape index (κ3) is 1.52. The molecule has 0 saturated heterocycles. The maximum atomic E-state index is 12.6. The molecule has 0 amide bonds. The monoisotopic (exact) mass is 205 g/mol. The molecular weight excluding hydrogens is 201 g/mol. The van der Waals surface area contributed by atoms with E-state index >= 15 is 0 Å². The average Bonchev–Trinajstić information content (AvgIpc) is 1.88. The van der Waals surface area contributed by atoms with E-state index in [1.54, 1.807) is 0 Å². The first-order valence-electron chi connectivity index (χ1n) is 2.65. The molecule has 0 aliphatic carbocycles. The number of aliphatic hydroxyl groups is 1. The molecule has 0 radical (unpaired) electrons. The molecule has 1 rings (SSSR count). The Hall–Kier alpha value is -0.480. The summed E-state index contributed by atoms with van der Waals surface area (Å²) in [5.41, 5.74) is 0.0724. The van der Waals surface area contributed by atoms with Crippen LogP contribution in [0.4, 0.5) is 4.39 Å². The third-order valence-electron chi connectivity index (χ3n) is 1.03. The van der Waals surface area contributed by atoms with Gasteiger partial charge in [0.1, 0.15) is 11.5 Å². The van der Waals surface area contributed by atoms with E-state index in [9.17, 15) is 4.39 Å². The van der Waals surface area contributed by atoms with Crippen molar-refractivity contribution in [2.45, 2.75) is 6.61 Å². The molecule has 10 heavy (non-hydrogen) atoms. The smallest absolute Gasteiger partial charge is 0.148 e. The lowest BCUT2D eigenvalue weighted by Gasteiger charge is -1.96. The van der Waals surface area contributed by atoms with E-state index in [1.807, 2.05) is 0 Å². The summed E-state index contributed by atoms with van der Waals surface area (Å²) in [6, 6.07) is 1.26. The SMILES string of the molecule is OCc1ncc(Br)cc1F. The van der Waals surface area contributed by atoms with Crippen LogP contribution in [0.15, 0.2) is 16.7 Å². The fourth-order valence-corrected chi connectivity index (χ4v) is 0.863. The number of hydrogen-bond acceptors (Lipinski definition) is 2. The van der Waals surface area contributed by atoms with Crippen molar-refractivity contribution in [3.63, 3.8) is 0 Å². The standard InChI is InChI=1S/C6H5BrFNO/c7-4-1-5(8)6(3-10)9-2-4/h1-2,10H,3H2. The summed E-state index contributed by atoms with van der Waals surface area (Å²) in [4.78, 5) is 3.62. The fourth-order valence-electron chi connectivity index (χ4n) is 0.559. The van der Waals surface area contributed by atoms with E-state index in [0.717, 1.165) is 0 Å². The summed E-state index contributed by atoms with van der Waals surface area (Å²) >= 11 is 3.04. The molecule has 0 aromatic carbocycles. The van der Waals surface area contributed by atoms with Crippen molar-refractivity contribution >= 4 is 15.9 Å². The van der Waals surface area contributed by atoms with Crippen LogP contribution in [-0.2, 0) is 6.61 Å². The van der Waals surface area contributed by atoms with Crippen molar-refractivity contribution in [2.24, 2.45) is 0 Å². The number of hydrogen-bond donors (Lipinski definition) is 1. The van der Waals surface area contributed by atoms with Gasteiger partial charge in [-0.3, -0.25) is 4.98 Å². The highest BCUT2D eigenvalue weighted by Crippen LogP contribution is 2.11. The molecule has 0 saturated carbocycles. The average molecular weight is 206 g/mol. The molecule has 4 heteroatoms. The molecule has 54 valence electrons. The summed E-state index contributed by atoms with van der Waals surface area (Å²) < 4.78 is 13.2. The minimum absolute atomic E-state index is 0.0724. The molecule has 1 aromatic heterocycles. The predicted octanol–water partition coefficient (Wildman–Crippen LogP) is 1.48. The molecule has 0 atom stereocenters. The van der Waals surface area contributed by atoms with Crippen molar-refractivity contribution in [1.29, 1.82) is 0 Å². The Labute approximate surface area is 65.8 Å². The zero-order valence-corrected chi connectivity index (χ0v) is 6.60. The number of aromatic nitrogens is 1. The molecule has 2 nitrogen and oxygen atoms in total. The molecule has 0 spiro atoms. The van der Waals surface area contributed by atoms with Crippen molar-refractivity contribution in [3.05, 3.63) is 28.2 Å². The van der Waals surface area contributed by atoms with E-state index in [4.69, 9.17) is 5.11 Å². The molecule has 1 N–H and O–H groups in total. The summed E-state index contributed by atoms with van der Waals surface area (Å²) in [7, 11) is 0. The topological polar surface area (TPSA) is 33.1 Å². The van der Waals surface area contributed by atoms with Gasteiger partial charge in [0.05, 0.1) is 6.61 Å². The van der Waals surface area contributed by atoms with Crippen LogP contribution in [-0.4, -0.2) is 10.1 Å². The van der Waals surface area contributed by atoms with Gasteiger partial charge in [-0.25, -0.2) is 4.39 Å². The molecule has 0 aliphatic heterocycles. The molecule has 0 bridgehead atoms. The van der Waals surface area contributed by atoms with Crippen LogP contribution in [0.2, 0.25) is 0 Å². The van der Waals surface area contributed by atoms with Gasteiger partial charge in [-0.05, 0) is 22.0 Å². The normalized spacial score (nSPS) is 9.90. The number of nitrogens with zero attached hydrogens (tertiary/aromatic N) is 1. The highest BCUT2D eigenvalue weighted by molar-refractivity contribution is 9.10. The van der Waals surface area contributed by atoms with Gasteiger partial charge in [-0.15, -0.1) is 0 Å². The Morgan fingerprint density at radius 2 is 2.40 bits per heavy atom. The van der Waals surface area contributed by atoms with Crippen molar-refractivity contribution in [2.75, 3.05) is 0 Å². The molecule has 0 unspecified atom stereocenters. The van der Waals surface area contributed by atoms with Gasteiger partial charge in [0.25, 0.3) is 0 Å². The third-order valence-corrected chi connectivity index (χ3v) is 1.47. The van der Waals surface area contributed by atoms with E-state index in [1.165, 1.54) is 12.3 Å². The Balaban J connectivity index is 3.07. The van der Waals surface area contributed by atoms with Gasteiger partial charge >= 0.3 is 0 Å². The van der Waals surface area contributed by atoms with Crippen LogP contribution in [0.3, 0.4) is 0 Å². The van der Waals surface area contributed by atoms with Crippen molar-refractivity contribution < 1.29 is 9.50 Å². The first-order valence-corrected chi connectivity index (χ1v) is 3.44. The highest BCUT2D eigenvalue weighted by atomic mass is 79.9. The first-order chi connectivity index (χ1) is 4.74. The van der Waals surface area contributed by atoms with Gasteiger partial charge in [-0.2, -0.15) is 0 Å². The summed E-state index contributed by atoms with van der Waals surface area (Å²) in [5, 5.41) is 8.49. The zero-order valence-electron chi connectivity index (χ0n) is 5.01. The number of halogens is 2. The first kappa shape index (κ1) is 7.63. The Bertz CT molecular complexity index is 241. The molecule has 1 aromatic rings. The van der Waals surface area contributed by atoms with Gasteiger partial charge < -0.3 is 5.11 Å². The highest BCUT2D eigenvalue weighted by Gasteiger charge is 2.00. The maximum Gasteiger partial charge on any atom is 0.148 e. The van der Waals surface area contributed by atoms with Gasteiger partial charge in [0.2, 0.25) is 0 Å². The van der Waals surface area contributed by atoms with Gasteiger partial charge in [0.15, 0.2) is 0 Å². The van der Waals surface area contributed by atoms with E-state index in [2.05, 4.69) is 20.9 Å². The molecular formula is C6H5BrFNO. The molecule has 0 fully saturated rings. The van der Waals surface area contributed by atoms with Crippen LogP contribution >= 0.6 is 15.9 Å². The van der Waals surface area contributed by atoms with E-state index in [-0.39, 0.29) is 12.3 Å². The minimum Gasteiger partial charge on any atom is -0.390 e. The largest absolute Gasteiger partial charge is 0.390 e. The maximum absolute atomic E-state index is 12.6. The Kier molecular flexibility index (Phi) is 2.34. The second-order valence-electron chi connectivity index (χ2n) is 1.74. The second kappa shape index (κ2) is 3.07. The summed E-state index contributed by atoms with van der Waals surface area (Å²) in [6.45, 7) is -0.362. The lowest BCUT2D eigenvalue weighted by atomic mass is 10.3. The van der Waals surface area contributed by atoms with Crippen LogP contribution in [0.5, 0.6) is 0 Å². The van der Waals surface area contributed by atoms with Crippen molar-refractivity contribution in [3.8, 4) is 0 Å². The predicted molar refractivity (Wildman–Crippen MR) is 37.8 cm³/mol. The lowest BCUT2D eigenvalue weighted by molar-refractivity contribution is 0.270. The minimum atomic E-state index is -0.489. The van der Waals surface area contributed by atoms with E-state index in [0.29, 0.717) is 4.47 Å². The number of aliphatic hydroxyl groups excluding tert-OH is 1. The van der Waals surface area contributed by atoms with Crippen LogP contribution < -0.4 is 0 Å². The van der Waals surface area contributed by atoms with E-state index < -0.39 is 5.82 Å². The Morgan fingerprint density at radius 1 is 1.70 bits per heavy atom. The fraction of sp³-hybridized carbons (Fsp3) is 0.167. The quantitative estimate of drug-likeness (QED) is 0.754. The summed E-state index contributed by atoms with van der Waals surface area (Å²) in [6.07, 6.45) is 1.44. The number of pyridine rings is 1. The zero-order chi connectivity index (χ0) is 7.56. The van der Waals surface area contributed by atoms with Crippen LogP contribution in [0.25, 0.3) is 0 Å².